The van der Waals surface area contributed by atoms with Crippen molar-refractivity contribution < 1.29 is 19.2 Å². The van der Waals surface area contributed by atoms with Crippen molar-refractivity contribution in [2.45, 2.75) is 6.92 Å². The minimum absolute atomic E-state index is 0.0548. The Hall–Kier alpha value is -3.42. The first-order valence-corrected chi connectivity index (χ1v) is 7.48. The lowest BCUT2D eigenvalue weighted by atomic mass is 10.2. The fourth-order valence-electron chi connectivity index (χ4n) is 2.26. The molecule has 0 spiro atoms. The molecule has 0 saturated heterocycles. The molecule has 2 aromatic carbocycles. The van der Waals surface area contributed by atoms with Crippen LogP contribution in [0.1, 0.15) is 6.92 Å². The highest BCUT2D eigenvalue weighted by atomic mass is 16.6. The minimum atomic E-state index is -0.912. The molecule has 2 rings (SSSR count). The fourth-order valence-corrected chi connectivity index (χ4v) is 2.26. The van der Waals surface area contributed by atoms with Gasteiger partial charge < -0.3 is 15.0 Å². The number of para-hydroxylation sites is 1. The first kappa shape index (κ1) is 17.9. The fraction of sp³-hybridized carbons (Fsp3) is 0.176. The number of hydrogen-bond donors (Lipinski definition) is 1. The Morgan fingerprint density at radius 3 is 2.44 bits per heavy atom. The molecule has 0 fully saturated rings. The summed E-state index contributed by atoms with van der Waals surface area (Å²) in [5.41, 5.74) is 0.411. The zero-order chi connectivity index (χ0) is 18.4. The maximum atomic E-state index is 12.4. The van der Waals surface area contributed by atoms with Gasteiger partial charge in [-0.25, -0.2) is 0 Å². The number of benzene rings is 2. The Kier molecular flexibility index (Phi) is 5.67. The van der Waals surface area contributed by atoms with Gasteiger partial charge in [0.1, 0.15) is 5.75 Å². The lowest BCUT2D eigenvalue weighted by Gasteiger charge is -2.20. The molecule has 8 heteroatoms. The Bertz CT molecular complexity index is 792. The van der Waals surface area contributed by atoms with Crippen LogP contribution in [0.2, 0.25) is 0 Å². The zero-order valence-corrected chi connectivity index (χ0v) is 13.8. The van der Waals surface area contributed by atoms with E-state index in [9.17, 15) is 19.7 Å². The molecular formula is C17H17N3O5. The SMILES string of the molecule is CCN(C(=O)C(=O)Nc1cc([N+](=O)[O-])ccc1OC)c1ccccc1. The number of hydrogen-bond acceptors (Lipinski definition) is 5. The van der Waals surface area contributed by atoms with Crippen molar-refractivity contribution in [1.29, 1.82) is 0 Å². The number of nitro groups is 1. The number of amides is 2. The standard InChI is InChI=1S/C17H17N3O5/c1-3-19(12-7-5-4-6-8-12)17(22)16(21)18-14-11-13(20(23)24)9-10-15(14)25-2/h4-11H,3H2,1-2H3,(H,18,21). The van der Waals surface area contributed by atoms with E-state index in [1.54, 1.807) is 37.3 Å². The van der Waals surface area contributed by atoms with Gasteiger partial charge in [-0.1, -0.05) is 18.2 Å². The van der Waals surface area contributed by atoms with E-state index in [4.69, 9.17) is 4.74 Å². The van der Waals surface area contributed by atoms with Gasteiger partial charge in [0.15, 0.2) is 0 Å². The number of non-ortho nitro benzene ring substituents is 1. The second-order valence-corrected chi connectivity index (χ2v) is 4.98. The van der Waals surface area contributed by atoms with Gasteiger partial charge in [-0.3, -0.25) is 19.7 Å². The molecule has 8 nitrogen and oxygen atoms in total. The molecule has 0 saturated carbocycles. The Balaban J connectivity index is 2.25. The number of nitrogens with zero attached hydrogens (tertiary/aromatic N) is 2. The smallest absolute Gasteiger partial charge is 0.316 e. The third-order valence-corrected chi connectivity index (χ3v) is 3.47. The summed E-state index contributed by atoms with van der Waals surface area (Å²) in [6.07, 6.45) is 0. The van der Waals surface area contributed by atoms with Crippen LogP contribution >= 0.6 is 0 Å². The van der Waals surface area contributed by atoms with E-state index in [2.05, 4.69) is 5.32 Å². The molecule has 0 heterocycles. The lowest BCUT2D eigenvalue weighted by molar-refractivity contribution is -0.384. The van der Waals surface area contributed by atoms with Crippen LogP contribution in [0, 0.1) is 10.1 Å². The summed E-state index contributed by atoms with van der Waals surface area (Å²) in [5.74, 6) is -1.47. The second kappa shape index (κ2) is 7.91. The first-order valence-electron chi connectivity index (χ1n) is 7.48. The van der Waals surface area contributed by atoms with Gasteiger partial charge in [0, 0.05) is 24.4 Å². The Morgan fingerprint density at radius 1 is 1.20 bits per heavy atom. The molecule has 2 aromatic rings. The summed E-state index contributed by atoms with van der Waals surface area (Å²) < 4.78 is 5.07. The quantitative estimate of drug-likeness (QED) is 0.511. The van der Waals surface area contributed by atoms with Crippen molar-refractivity contribution in [3.05, 3.63) is 58.6 Å². The minimum Gasteiger partial charge on any atom is -0.495 e. The number of anilines is 2. The predicted molar refractivity (Wildman–Crippen MR) is 92.7 cm³/mol. The van der Waals surface area contributed by atoms with Crippen LogP contribution in [0.4, 0.5) is 17.1 Å². The average Bonchev–Trinajstić information content (AvgIpc) is 2.63. The topological polar surface area (TPSA) is 102 Å². The first-order chi connectivity index (χ1) is 12.0. The van der Waals surface area contributed by atoms with Gasteiger partial charge in [-0.2, -0.15) is 0 Å². The van der Waals surface area contributed by atoms with Crippen LogP contribution in [-0.2, 0) is 9.59 Å². The monoisotopic (exact) mass is 343 g/mol. The van der Waals surface area contributed by atoms with E-state index in [1.807, 2.05) is 0 Å². The summed E-state index contributed by atoms with van der Waals surface area (Å²) in [4.78, 5) is 36.3. The van der Waals surface area contributed by atoms with Crippen molar-refractivity contribution in [1.82, 2.24) is 0 Å². The Labute approximate surface area is 144 Å². The molecule has 0 unspecified atom stereocenters. The molecule has 0 aliphatic heterocycles. The summed E-state index contributed by atoms with van der Waals surface area (Å²) in [7, 11) is 1.36. The molecule has 0 aliphatic rings. The van der Waals surface area contributed by atoms with E-state index >= 15 is 0 Å². The van der Waals surface area contributed by atoms with Gasteiger partial charge >= 0.3 is 11.8 Å². The summed E-state index contributed by atoms with van der Waals surface area (Å²) in [6.45, 7) is 2.04. The maximum absolute atomic E-state index is 12.4. The highest BCUT2D eigenvalue weighted by Crippen LogP contribution is 2.29. The van der Waals surface area contributed by atoms with Gasteiger partial charge in [0.2, 0.25) is 0 Å². The maximum Gasteiger partial charge on any atom is 0.316 e. The van der Waals surface area contributed by atoms with E-state index in [-0.39, 0.29) is 17.1 Å². The van der Waals surface area contributed by atoms with E-state index in [0.717, 1.165) is 6.07 Å². The van der Waals surface area contributed by atoms with Crippen LogP contribution in [0.5, 0.6) is 5.75 Å². The molecule has 25 heavy (non-hydrogen) atoms. The van der Waals surface area contributed by atoms with E-state index < -0.39 is 16.7 Å². The molecule has 130 valence electrons. The van der Waals surface area contributed by atoms with Crippen LogP contribution in [0.3, 0.4) is 0 Å². The zero-order valence-electron chi connectivity index (χ0n) is 13.8. The molecule has 0 aromatic heterocycles. The normalized spacial score (nSPS) is 10.0. The summed E-state index contributed by atoms with van der Waals surface area (Å²) >= 11 is 0. The lowest BCUT2D eigenvalue weighted by Crippen LogP contribution is -2.39. The van der Waals surface area contributed by atoms with Gasteiger partial charge in [-0.05, 0) is 25.1 Å². The summed E-state index contributed by atoms with van der Waals surface area (Å²) in [6, 6.07) is 12.5. The van der Waals surface area contributed by atoms with E-state index in [0.29, 0.717) is 12.2 Å². The van der Waals surface area contributed by atoms with Gasteiger partial charge in [-0.15, -0.1) is 0 Å². The average molecular weight is 343 g/mol. The van der Waals surface area contributed by atoms with Crippen LogP contribution in [0.25, 0.3) is 0 Å². The third-order valence-electron chi connectivity index (χ3n) is 3.47. The molecule has 0 atom stereocenters. The van der Waals surface area contributed by atoms with Crippen LogP contribution in [-0.4, -0.2) is 30.4 Å². The largest absolute Gasteiger partial charge is 0.495 e. The van der Waals surface area contributed by atoms with Crippen molar-refractivity contribution in [2.24, 2.45) is 0 Å². The van der Waals surface area contributed by atoms with Crippen LogP contribution < -0.4 is 15.0 Å². The Morgan fingerprint density at radius 2 is 1.88 bits per heavy atom. The molecule has 1 N–H and O–H groups in total. The number of carbonyl (C=O) groups excluding carboxylic acids is 2. The molecule has 2 amide bonds. The van der Waals surface area contributed by atoms with Crippen molar-refractivity contribution >= 4 is 28.9 Å². The third kappa shape index (κ3) is 4.11. The summed E-state index contributed by atoms with van der Waals surface area (Å²) in [5, 5.41) is 13.3. The number of rotatable bonds is 5. The predicted octanol–water partition coefficient (Wildman–Crippen LogP) is 2.60. The highest BCUT2D eigenvalue weighted by Gasteiger charge is 2.24. The number of ether oxygens (including phenoxy) is 1. The number of methoxy groups -OCH3 is 1. The number of carbonyl (C=O) groups is 2. The second-order valence-electron chi connectivity index (χ2n) is 4.98. The van der Waals surface area contributed by atoms with Crippen molar-refractivity contribution in [2.75, 3.05) is 23.9 Å². The van der Waals surface area contributed by atoms with Crippen molar-refractivity contribution in [3.8, 4) is 5.75 Å². The number of likely N-dealkylation sites (N-methyl/N-ethyl adjacent to an activating group) is 1. The molecule has 0 radical (unpaired) electrons. The molecule has 0 bridgehead atoms. The van der Waals surface area contributed by atoms with Crippen LogP contribution in [0.15, 0.2) is 48.5 Å². The van der Waals surface area contributed by atoms with Gasteiger partial charge in [0.25, 0.3) is 5.69 Å². The van der Waals surface area contributed by atoms with Crippen molar-refractivity contribution in [3.63, 3.8) is 0 Å². The molecule has 0 aliphatic carbocycles. The molecular weight excluding hydrogens is 326 g/mol. The number of nitro benzene ring substituents is 1. The number of nitrogens with one attached hydrogen (secondary N) is 1. The highest BCUT2D eigenvalue weighted by molar-refractivity contribution is 6.44. The van der Waals surface area contributed by atoms with E-state index in [1.165, 1.54) is 24.1 Å². The van der Waals surface area contributed by atoms with Gasteiger partial charge in [0.05, 0.1) is 17.7 Å².